The van der Waals surface area contributed by atoms with Gasteiger partial charge < -0.3 is 0 Å². The standard InChI is InChI=1S/C19H11N5O2S/c25-24(26)13-7-5-12(6-8-13)17-11-27-19-21-18(22-23(17)19)15-9-10-20-16-4-2-1-3-14(15)16/h1-11H. The lowest BCUT2D eigenvalue weighted by atomic mass is 10.1. The van der Waals surface area contributed by atoms with Gasteiger partial charge in [-0.1, -0.05) is 18.2 Å². The van der Waals surface area contributed by atoms with Crippen LogP contribution < -0.4 is 0 Å². The maximum Gasteiger partial charge on any atom is 0.269 e. The fourth-order valence-electron chi connectivity index (χ4n) is 3.04. The van der Waals surface area contributed by atoms with Gasteiger partial charge in [0.25, 0.3) is 5.69 Å². The molecule has 7 nitrogen and oxygen atoms in total. The van der Waals surface area contributed by atoms with Crippen LogP contribution >= 0.6 is 11.3 Å². The summed E-state index contributed by atoms with van der Waals surface area (Å²) < 4.78 is 1.77. The van der Waals surface area contributed by atoms with Gasteiger partial charge in [0.1, 0.15) is 0 Å². The van der Waals surface area contributed by atoms with Crippen molar-refractivity contribution >= 4 is 32.9 Å². The smallest absolute Gasteiger partial charge is 0.258 e. The average molecular weight is 373 g/mol. The van der Waals surface area contributed by atoms with Crippen LogP contribution in [-0.4, -0.2) is 24.5 Å². The number of pyridine rings is 1. The van der Waals surface area contributed by atoms with E-state index in [-0.39, 0.29) is 5.69 Å². The molecule has 5 rings (SSSR count). The van der Waals surface area contributed by atoms with Crippen LogP contribution in [0.25, 0.3) is 38.5 Å². The highest BCUT2D eigenvalue weighted by molar-refractivity contribution is 7.15. The zero-order chi connectivity index (χ0) is 18.4. The number of fused-ring (bicyclic) bond motifs is 2. The van der Waals surface area contributed by atoms with Crippen molar-refractivity contribution < 1.29 is 4.92 Å². The first-order valence-electron chi connectivity index (χ1n) is 8.14. The summed E-state index contributed by atoms with van der Waals surface area (Å²) >= 11 is 1.48. The highest BCUT2D eigenvalue weighted by Crippen LogP contribution is 2.30. The summed E-state index contributed by atoms with van der Waals surface area (Å²) in [4.78, 5) is 20.3. The maximum atomic E-state index is 10.9. The van der Waals surface area contributed by atoms with E-state index in [0.29, 0.717) is 5.82 Å². The van der Waals surface area contributed by atoms with Crippen LogP contribution in [0.5, 0.6) is 0 Å². The Morgan fingerprint density at radius 2 is 1.85 bits per heavy atom. The Hall–Kier alpha value is -3.65. The number of benzene rings is 2. The lowest BCUT2D eigenvalue weighted by Crippen LogP contribution is -1.91. The Kier molecular flexibility index (Phi) is 3.44. The summed E-state index contributed by atoms with van der Waals surface area (Å²) in [5, 5.41) is 18.5. The Bertz CT molecular complexity index is 1300. The van der Waals surface area contributed by atoms with E-state index in [1.165, 1.54) is 23.5 Å². The monoisotopic (exact) mass is 373 g/mol. The predicted octanol–water partition coefficient (Wildman–Crippen LogP) is 4.58. The fraction of sp³-hybridized carbons (Fsp3) is 0. The zero-order valence-electron chi connectivity index (χ0n) is 13.8. The molecule has 27 heavy (non-hydrogen) atoms. The molecule has 0 saturated heterocycles. The topological polar surface area (TPSA) is 86.2 Å². The van der Waals surface area contributed by atoms with Crippen LogP contribution in [0.1, 0.15) is 0 Å². The van der Waals surface area contributed by atoms with Gasteiger partial charge in [0.2, 0.25) is 4.96 Å². The molecule has 0 unspecified atom stereocenters. The van der Waals surface area contributed by atoms with E-state index in [0.717, 1.165) is 32.7 Å². The highest BCUT2D eigenvalue weighted by Gasteiger charge is 2.15. The van der Waals surface area contributed by atoms with Crippen molar-refractivity contribution in [2.75, 3.05) is 0 Å². The Morgan fingerprint density at radius 3 is 2.67 bits per heavy atom. The molecule has 5 aromatic rings. The number of aromatic nitrogens is 4. The average Bonchev–Trinajstić information content (AvgIpc) is 3.28. The van der Waals surface area contributed by atoms with Gasteiger partial charge in [-0.3, -0.25) is 15.1 Å². The van der Waals surface area contributed by atoms with Crippen molar-refractivity contribution in [1.29, 1.82) is 0 Å². The first-order chi connectivity index (χ1) is 13.2. The summed E-state index contributed by atoms with van der Waals surface area (Å²) in [5.74, 6) is 0.628. The van der Waals surface area contributed by atoms with Gasteiger partial charge in [-0.2, -0.15) is 4.98 Å². The Labute approximate surface area is 156 Å². The van der Waals surface area contributed by atoms with Gasteiger partial charge in [-0.05, 0) is 24.3 Å². The second kappa shape index (κ2) is 5.96. The normalized spacial score (nSPS) is 11.3. The van der Waals surface area contributed by atoms with Gasteiger partial charge in [0.15, 0.2) is 5.82 Å². The number of nitrogens with zero attached hydrogens (tertiary/aromatic N) is 5. The molecule has 0 fully saturated rings. The van der Waals surface area contributed by atoms with Crippen LogP contribution in [0, 0.1) is 10.1 Å². The number of hydrogen-bond donors (Lipinski definition) is 0. The SMILES string of the molecule is O=[N+]([O-])c1ccc(-c2csc3nc(-c4ccnc5ccccc45)nn23)cc1. The van der Waals surface area contributed by atoms with E-state index in [9.17, 15) is 10.1 Å². The maximum absolute atomic E-state index is 10.9. The van der Waals surface area contributed by atoms with Crippen molar-refractivity contribution in [1.82, 2.24) is 19.6 Å². The first kappa shape index (κ1) is 15.6. The predicted molar refractivity (Wildman–Crippen MR) is 104 cm³/mol. The van der Waals surface area contributed by atoms with Crippen molar-refractivity contribution in [3.05, 3.63) is 76.3 Å². The number of non-ortho nitro benzene ring substituents is 1. The number of para-hydroxylation sites is 1. The van der Waals surface area contributed by atoms with E-state index in [1.807, 2.05) is 35.7 Å². The van der Waals surface area contributed by atoms with Crippen molar-refractivity contribution in [2.45, 2.75) is 0 Å². The molecule has 2 aromatic carbocycles. The molecular formula is C19H11N5O2S. The summed E-state index contributed by atoms with van der Waals surface area (Å²) in [6.07, 6.45) is 1.75. The molecule has 0 atom stereocenters. The minimum absolute atomic E-state index is 0.0627. The van der Waals surface area contributed by atoms with E-state index < -0.39 is 4.92 Å². The van der Waals surface area contributed by atoms with Crippen molar-refractivity contribution in [3.8, 4) is 22.6 Å². The number of thiazole rings is 1. The summed E-state index contributed by atoms with van der Waals surface area (Å²) in [6.45, 7) is 0. The van der Waals surface area contributed by atoms with Crippen molar-refractivity contribution in [3.63, 3.8) is 0 Å². The third-order valence-electron chi connectivity index (χ3n) is 4.35. The number of hydrogen-bond acceptors (Lipinski definition) is 6. The summed E-state index contributed by atoms with van der Waals surface area (Å²) in [6, 6.07) is 16.2. The minimum Gasteiger partial charge on any atom is -0.258 e. The lowest BCUT2D eigenvalue weighted by Gasteiger charge is -2.02. The molecule has 3 heterocycles. The molecular weight excluding hydrogens is 362 g/mol. The lowest BCUT2D eigenvalue weighted by molar-refractivity contribution is -0.384. The van der Waals surface area contributed by atoms with E-state index in [2.05, 4.69) is 15.1 Å². The highest BCUT2D eigenvalue weighted by atomic mass is 32.1. The largest absolute Gasteiger partial charge is 0.269 e. The molecule has 0 bridgehead atoms. The van der Waals surface area contributed by atoms with E-state index in [1.54, 1.807) is 22.8 Å². The molecule has 0 spiro atoms. The van der Waals surface area contributed by atoms with Crippen molar-refractivity contribution in [2.24, 2.45) is 0 Å². The van der Waals surface area contributed by atoms with Crippen LogP contribution in [-0.2, 0) is 0 Å². The van der Waals surface area contributed by atoms with E-state index in [4.69, 9.17) is 0 Å². The summed E-state index contributed by atoms with van der Waals surface area (Å²) in [7, 11) is 0. The Morgan fingerprint density at radius 1 is 1.04 bits per heavy atom. The molecule has 8 heteroatoms. The second-order valence-electron chi connectivity index (χ2n) is 5.93. The number of rotatable bonds is 3. The molecule has 130 valence electrons. The Balaban J connectivity index is 1.64. The molecule has 0 aliphatic carbocycles. The molecule has 0 aliphatic rings. The second-order valence-corrected chi connectivity index (χ2v) is 6.77. The fourth-order valence-corrected chi connectivity index (χ4v) is 3.87. The van der Waals surface area contributed by atoms with Gasteiger partial charge >= 0.3 is 0 Å². The van der Waals surface area contributed by atoms with Gasteiger partial charge in [0, 0.05) is 40.2 Å². The zero-order valence-corrected chi connectivity index (χ0v) is 14.6. The van der Waals surface area contributed by atoms with Crippen LogP contribution in [0.15, 0.2) is 66.2 Å². The minimum atomic E-state index is -0.408. The third kappa shape index (κ3) is 2.54. The quantitative estimate of drug-likeness (QED) is 0.341. The molecule has 0 N–H and O–H groups in total. The molecule has 0 aliphatic heterocycles. The van der Waals surface area contributed by atoms with Gasteiger partial charge in [0.05, 0.1) is 16.1 Å². The summed E-state index contributed by atoms with van der Waals surface area (Å²) in [5.41, 5.74) is 3.58. The molecule has 0 amide bonds. The van der Waals surface area contributed by atoms with Crippen LogP contribution in [0.2, 0.25) is 0 Å². The number of nitro groups is 1. The van der Waals surface area contributed by atoms with Crippen LogP contribution in [0.4, 0.5) is 5.69 Å². The van der Waals surface area contributed by atoms with Gasteiger partial charge in [-0.15, -0.1) is 16.4 Å². The van der Waals surface area contributed by atoms with Gasteiger partial charge in [-0.25, -0.2) is 4.52 Å². The molecule has 3 aromatic heterocycles. The van der Waals surface area contributed by atoms with Crippen LogP contribution in [0.3, 0.4) is 0 Å². The third-order valence-corrected chi connectivity index (χ3v) is 5.16. The number of nitro benzene ring substituents is 1. The molecule has 0 radical (unpaired) electrons. The molecule has 0 saturated carbocycles. The van der Waals surface area contributed by atoms with E-state index >= 15 is 0 Å². The first-order valence-corrected chi connectivity index (χ1v) is 9.02.